The molecule has 0 aliphatic rings. The summed E-state index contributed by atoms with van der Waals surface area (Å²) in [5.74, 6) is 0. The molecule has 0 saturated carbocycles. The molecule has 0 aliphatic carbocycles. The number of nitrogens with zero attached hydrogens (tertiary/aromatic N) is 3. The molecule has 5 aromatic rings. The molecule has 0 atom stereocenters. The first-order valence-electron chi connectivity index (χ1n) is 8.47. The van der Waals surface area contributed by atoms with Gasteiger partial charge in [-0.05, 0) is 41.7 Å². The average Bonchev–Trinajstić information content (AvgIpc) is 3.01. The summed E-state index contributed by atoms with van der Waals surface area (Å²) in [6, 6.07) is 21.2. The number of pyridine rings is 2. The second kappa shape index (κ2) is 5.15. The van der Waals surface area contributed by atoms with E-state index in [9.17, 15) is 0 Å². The number of rotatable bonds is 1. The molecule has 0 radical (unpaired) electrons. The topological polar surface area (TPSA) is 21.9 Å². The Hall–Kier alpha value is -3.20. The van der Waals surface area contributed by atoms with E-state index in [4.69, 9.17) is 4.98 Å². The molecule has 0 N–H and O–H groups in total. The monoisotopic (exact) mass is 324 g/mol. The predicted molar refractivity (Wildman–Crippen MR) is 102 cm³/mol. The van der Waals surface area contributed by atoms with Gasteiger partial charge in [-0.1, -0.05) is 36.4 Å². The highest BCUT2D eigenvalue weighted by atomic mass is 15.0. The van der Waals surface area contributed by atoms with Gasteiger partial charge in [0, 0.05) is 29.9 Å². The van der Waals surface area contributed by atoms with Crippen LogP contribution in [0.4, 0.5) is 0 Å². The zero-order chi connectivity index (χ0) is 17.0. The van der Waals surface area contributed by atoms with Gasteiger partial charge in [-0.2, -0.15) is 4.40 Å². The summed E-state index contributed by atoms with van der Waals surface area (Å²) in [6.07, 6.45) is 4.30. The number of benzene rings is 2. The molecule has 0 unspecified atom stereocenters. The number of aryl methyl sites for hydroxylation is 2. The summed E-state index contributed by atoms with van der Waals surface area (Å²) in [7, 11) is 2.10. The van der Waals surface area contributed by atoms with Crippen molar-refractivity contribution in [2.24, 2.45) is 7.05 Å². The first kappa shape index (κ1) is 14.2. The normalized spacial score (nSPS) is 11.6. The lowest BCUT2D eigenvalue weighted by atomic mass is 10.0. The molecule has 0 aliphatic heterocycles. The molecule has 0 fully saturated rings. The molecule has 120 valence electrons. The van der Waals surface area contributed by atoms with E-state index in [0.717, 1.165) is 16.7 Å². The maximum atomic E-state index is 4.88. The Morgan fingerprint density at radius 1 is 0.960 bits per heavy atom. The van der Waals surface area contributed by atoms with Crippen LogP contribution >= 0.6 is 0 Å². The lowest BCUT2D eigenvalue weighted by Crippen LogP contribution is -2.19. The SMILES string of the molecule is Cc1ccccc1-c1cc2c(cc[n+]3c4ccccc4nc23)cn1C. The van der Waals surface area contributed by atoms with Crippen molar-refractivity contribution in [1.29, 1.82) is 0 Å². The van der Waals surface area contributed by atoms with Crippen LogP contribution in [0.2, 0.25) is 0 Å². The minimum Gasteiger partial charge on any atom is -0.350 e. The Morgan fingerprint density at radius 2 is 1.76 bits per heavy atom. The van der Waals surface area contributed by atoms with Crippen LogP contribution in [0.25, 0.3) is 38.7 Å². The molecule has 3 heterocycles. The Bertz CT molecular complexity index is 1260. The fourth-order valence-electron chi connectivity index (χ4n) is 3.66. The number of hydrogen-bond acceptors (Lipinski definition) is 1. The van der Waals surface area contributed by atoms with Gasteiger partial charge in [0.1, 0.15) is 0 Å². The zero-order valence-electron chi connectivity index (χ0n) is 14.3. The highest BCUT2D eigenvalue weighted by molar-refractivity contribution is 5.96. The first-order valence-corrected chi connectivity index (χ1v) is 8.47. The molecular weight excluding hydrogens is 306 g/mol. The molecular formula is C22H18N3+. The molecule has 3 nitrogen and oxygen atoms in total. The minimum atomic E-state index is 1.01. The third-order valence-corrected chi connectivity index (χ3v) is 4.97. The van der Waals surface area contributed by atoms with Crippen molar-refractivity contribution in [3.8, 4) is 11.3 Å². The number of imidazole rings is 1. The van der Waals surface area contributed by atoms with Gasteiger partial charge in [0.15, 0.2) is 5.52 Å². The van der Waals surface area contributed by atoms with Gasteiger partial charge >= 0.3 is 5.65 Å². The second-order valence-corrected chi connectivity index (χ2v) is 6.56. The van der Waals surface area contributed by atoms with Crippen molar-refractivity contribution in [3.63, 3.8) is 0 Å². The summed E-state index contributed by atoms with van der Waals surface area (Å²) >= 11 is 0. The number of hydrogen-bond donors (Lipinski definition) is 0. The summed E-state index contributed by atoms with van der Waals surface area (Å²) in [4.78, 5) is 4.88. The molecule has 0 amide bonds. The largest absolute Gasteiger partial charge is 0.350 e. The number of aromatic nitrogens is 3. The van der Waals surface area contributed by atoms with Crippen molar-refractivity contribution in [1.82, 2.24) is 9.55 Å². The molecule has 0 spiro atoms. The summed E-state index contributed by atoms with van der Waals surface area (Å²) in [5, 5.41) is 2.37. The van der Waals surface area contributed by atoms with Crippen LogP contribution in [-0.4, -0.2) is 9.55 Å². The van der Waals surface area contributed by atoms with Gasteiger partial charge in [-0.25, -0.2) is 0 Å². The van der Waals surface area contributed by atoms with Gasteiger partial charge in [0.05, 0.1) is 11.6 Å². The van der Waals surface area contributed by atoms with Crippen molar-refractivity contribution >= 4 is 27.5 Å². The predicted octanol–water partition coefficient (Wildman–Crippen LogP) is 4.44. The Kier molecular flexibility index (Phi) is 2.92. The van der Waals surface area contributed by atoms with Gasteiger partial charge < -0.3 is 4.57 Å². The summed E-state index contributed by atoms with van der Waals surface area (Å²) in [5.41, 5.74) is 6.91. The number of fused-ring (bicyclic) bond motifs is 5. The van der Waals surface area contributed by atoms with Crippen molar-refractivity contribution in [2.75, 3.05) is 0 Å². The maximum absolute atomic E-state index is 4.88. The van der Waals surface area contributed by atoms with E-state index < -0.39 is 0 Å². The van der Waals surface area contributed by atoms with Crippen molar-refractivity contribution in [2.45, 2.75) is 6.92 Å². The third-order valence-electron chi connectivity index (χ3n) is 4.97. The average molecular weight is 324 g/mol. The van der Waals surface area contributed by atoms with Crippen LogP contribution in [-0.2, 0) is 7.05 Å². The fourth-order valence-corrected chi connectivity index (χ4v) is 3.66. The number of para-hydroxylation sites is 2. The quantitative estimate of drug-likeness (QED) is 0.418. The van der Waals surface area contributed by atoms with Crippen LogP contribution in [0.15, 0.2) is 73.1 Å². The van der Waals surface area contributed by atoms with E-state index in [-0.39, 0.29) is 0 Å². The van der Waals surface area contributed by atoms with Crippen LogP contribution < -0.4 is 4.40 Å². The van der Waals surface area contributed by atoms with E-state index in [1.54, 1.807) is 0 Å². The third kappa shape index (κ3) is 2.06. The van der Waals surface area contributed by atoms with Gasteiger partial charge in [-0.15, -0.1) is 0 Å². The van der Waals surface area contributed by atoms with Gasteiger partial charge in [0.25, 0.3) is 0 Å². The van der Waals surface area contributed by atoms with Crippen LogP contribution in [0.3, 0.4) is 0 Å². The first-order chi connectivity index (χ1) is 12.2. The molecule has 0 saturated heterocycles. The Morgan fingerprint density at radius 3 is 2.64 bits per heavy atom. The molecule has 0 bridgehead atoms. The molecule has 5 rings (SSSR count). The van der Waals surface area contributed by atoms with E-state index in [1.807, 2.05) is 6.07 Å². The molecule has 2 aromatic carbocycles. The van der Waals surface area contributed by atoms with Crippen molar-refractivity contribution in [3.05, 3.63) is 78.6 Å². The summed E-state index contributed by atoms with van der Waals surface area (Å²) in [6.45, 7) is 2.16. The Labute approximate surface area is 145 Å². The summed E-state index contributed by atoms with van der Waals surface area (Å²) < 4.78 is 4.38. The van der Waals surface area contributed by atoms with Gasteiger partial charge in [0.2, 0.25) is 5.52 Å². The minimum absolute atomic E-state index is 1.01. The highest BCUT2D eigenvalue weighted by Crippen LogP contribution is 2.28. The van der Waals surface area contributed by atoms with E-state index >= 15 is 0 Å². The molecule has 3 aromatic heterocycles. The smallest absolute Gasteiger partial charge is 0.337 e. The second-order valence-electron chi connectivity index (χ2n) is 6.56. The Balaban J connectivity index is 1.91. The van der Waals surface area contributed by atoms with Crippen LogP contribution in [0.5, 0.6) is 0 Å². The fraction of sp³-hybridized carbons (Fsp3) is 0.0909. The lowest BCUT2D eigenvalue weighted by Gasteiger charge is -2.12. The van der Waals surface area contributed by atoms with Crippen LogP contribution in [0, 0.1) is 6.92 Å². The lowest BCUT2D eigenvalue weighted by molar-refractivity contribution is -0.479. The van der Waals surface area contributed by atoms with Crippen molar-refractivity contribution < 1.29 is 4.40 Å². The standard InChI is InChI=1S/C22H18N3/c1-15-7-3-4-8-17(15)21-13-18-16(14-24(21)2)11-12-25-20-10-6-5-9-19(20)23-22(18)25/h3-14H,1-2H3/q+1. The van der Waals surface area contributed by atoms with Crippen LogP contribution in [0.1, 0.15) is 5.56 Å². The molecule has 25 heavy (non-hydrogen) atoms. The maximum Gasteiger partial charge on any atom is 0.337 e. The van der Waals surface area contributed by atoms with E-state index in [2.05, 4.69) is 89.9 Å². The van der Waals surface area contributed by atoms with Gasteiger partial charge in [-0.3, -0.25) is 0 Å². The van der Waals surface area contributed by atoms with E-state index in [1.165, 1.54) is 27.6 Å². The van der Waals surface area contributed by atoms with E-state index in [0.29, 0.717) is 0 Å². The molecule has 3 heteroatoms. The highest BCUT2D eigenvalue weighted by Gasteiger charge is 2.18. The zero-order valence-corrected chi connectivity index (χ0v) is 14.3.